The normalized spacial score (nSPS) is 20.1. The first-order chi connectivity index (χ1) is 9.45. The molecule has 6 heteroatoms. The van der Waals surface area contributed by atoms with Gasteiger partial charge in [0, 0.05) is 18.2 Å². The summed E-state index contributed by atoms with van der Waals surface area (Å²) < 4.78 is 27.4. The molecule has 3 rings (SSSR count). The monoisotopic (exact) mass is 294 g/mol. The number of sulfonamides is 1. The third kappa shape index (κ3) is 2.71. The van der Waals surface area contributed by atoms with Gasteiger partial charge < -0.3 is 5.32 Å². The number of benzene rings is 1. The van der Waals surface area contributed by atoms with Crippen LogP contribution >= 0.6 is 0 Å². The molecule has 1 unspecified atom stereocenters. The largest absolute Gasteiger partial charge is 0.326 e. The molecular weight excluding hydrogens is 276 g/mol. The first-order valence-corrected chi connectivity index (χ1v) is 8.39. The van der Waals surface area contributed by atoms with Crippen molar-refractivity contribution in [3.63, 3.8) is 0 Å². The summed E-state index contributed by atoms with van der Waals surface area (Å²) in [7, 11) is -3.47. The molecule has 20 heavy (non-hydrogen) atoms. The topological polar surface area (TPSA) is 75.3 Å². The van der Waals surface area contributed by atoms with Crippen LogP contribution in [0.3, 0.4) is 0 Å². The molecule has 1 saturated carbocycles. The van der Waals surface area contributed by atoms with Gasteiger partial charge in [-0.05, 0) is 55.9 Å². The molecule has 2 aliphatic rings. The van der Waals surface area contributed by atoms with E-state index in [1.165, 1.54) is 0 Å². The summed E-state index contributed by atoms with van der Waals surface area (Å²) in [6, 6.07) is 4.86. The average molecular weight is 294 g/mol. The van der Waals surface area contributed by atoms with E-state index in [2.05, 4.69) is 10.0 Å². The highest BCUT2D eigenvalue weighted by molar-refractivity contribution is 7.89. The van der Waals surface area contributed by atoms with Gasteiger partial charge in [-0.2, -0.15) is 0 Å². The number of rotatable bonds is 4. The van der Waals surface area contributed by atoms with Crippen molar-refractivity contribution >= 4 is 21.6 Å². The molecule has 5 nitrogen and oxygen atoms in total. The molecule has 1 aromatic carbocycles. The molecular formula is C14H18N2O3S. The summed E-state index contributed by atoms with van der Waals surface area (Å²) in [4.78, 5) is 11.6. The van der Waals surface area contributed by atoms with Crippen molar-refractivity contribution in [2.24, 2.45) is 5.92 Å². The number of fused-ring (bicyclic) bond motifs is 1. The number of nitrogens with one attached hydrogen (secondary N) is 2. The van der Waals surface area contributed by atoms with Crippen LogP contribution in [0.5, 0.6) is 0 Å². The average Bonchev–Trinajstić information content (AvgIpc) is 3.21. The smallest absolute Gasteiger partial charge is 0.240 e. The van der Waals surface area contributed by atoms with E-state index in [4.69, 9.17) is 0 Å². The van der Waals surface area contributed by atoms with Crippen LogP contribution in [0.1, 0.15) is 31.7 Å². The Bertz CT molecular complexity index is 650. The standard InChI is InChI=1S/C14H18N2O3S/c1-9(10-2-3-10)16-20(18,19)12-5-6-13-11(8-12)4-7-14(17)15-13/h5-6,8-10,16H,2-4,7H2,1H3,(H,15,17). The third-order valence-corrected chi connectivity index (χ3v) is 5.51. The molecule has 108 valence electrons. The zero-order valence-corrected chi connectivity index (χ0v) is 12.2. The molecule has 1 amide bonds. The maximum absolute atomic E-state index is 12.3. The van der Waals surface area contributed by atoms with E-state index in [0.717, 1.165) is 24.1 Å². The van der Waals surface area contributed by atoms with E-state index in [1.54, 1.807) is 18.2 Å². The van der Waals surface area contributed by atoms with Crippen LogP contribution < -0.4 is 10.0 Å². The van der Waals surface area contributed by atoms with Crippen molar-refractivity contribution in [2.75, 3.05) is 5.32 Å². The van der Waals surface area contributed by atoms with Gasteiger partial charge in [0.05, 0.1) is 4.90 Å². The van der Waals surface area contributed by atoms with Gasteiger partial charge in [0.25, 0.3) is 0 Å². The van der Waals surface area contributed by atoms with E-state index in [0.29, 0.717) is 18.8 Å². The summed E-state index contributed by atoms with van der Waals surface area (Å²) >= 11 is 0. The van der Waals surface area contributed by atoms with E-state index < -0.39 is 10.0 Å². The minimum Gasteiger partial charge on any atom is -0.326 e. The van der Waals surface area contributed by atoms with E-state index >= 15 is 0 Å². The van der Waals surface area contributed by atoms with Gasteiger partial charge in [-0.3, -0.25) is 4.79 Å². The minimum atomic E-state index is -3.47. The van der Waals surface area contributed by atoms with Gasteiger partial charge in [0.2, 0.25) is 15.9 Å². The summed E-state index contributed by atoms with van der Waals surface area (Å²) in [5.41, 5.74) is 1.60. The number of carbonyl (C=O) groups is 1. The van der Waals surface area contributed by atoms with Gasteiger partial charge in [-0.1, -0.05) is 0 Å². The zero-order chi connectivity index (χ0) is 14.3. The summed E-state index contributed by atoms with van der Waals surface area (Å²) in [6.45, 7) is 1.91. The predicted octanol–water partition coefficient (Wildman–Crippen LogP) is 1.65. The number of hydrogen-bond donors (Lipinski definition) is 2. The van der Waals surface area contributed by atoms with E-state index in [-0.39, 0.29) is 16.8 Å². The number of anilines is 1. The lowest BCUT2D eigenvalue weighted by Crippen LogP contribution is -2.34. The quantitative estimate of drug-likeness (QED) is 0.886. The molecule has 1 atom stereocenters. The molecule has 1 heterocycles. The van der Waals surface area contributed by atoms with Crippen molar-refractivity contribution in [1.82, 2.24) is 4.72 Å². The zero-order valence-electron chi connectivity index (χ0n) is 11.3. The van der Waals surface area contributed by atoms with Crippen LogP contribution in [0.4, 0.5) is 5.69 Å². The van der Waals surface area contributed by atoms with E-state index in [1.807, 2.05) is 6.92 Å². The Labute approximate surface area is 118 Å². The van der Waals surface area contributed by atoms with Crippen LogP contribution in [-0.2, 0) is 21.2 Å². The first kappa shape index (κ1) is 13.6. The SMILES string of the molecule is CC(NS(=O)(=O)c1ccc2c(c1)CCC(=O)N2)C1CC1. The van der Waals surface area contributed by atoms with Gasteiger partial charge in [-0.25, -0.2) is 13.1 Å². The van der Waals surface area contributed by atoms with Crippen molar-refractivity contribution in [2.45, 2.75) is 43.5 Å². The fourth-order valence-corrected chi connectivity index (χ4v) is 3.89. The van der Waals surface area contributed by atoms with Crippen LogP contribution in [0.2, 0.25) is 0 Å². The fraction of sp³-hybridized carbons (Fsp3) is 0.500. The minimum absolute atomic E-state index is 0.0178. The summed E-state index contributed by atoms with van der Waals surface area (Å²) in [6.07, 6.45) is 3.19. The Morgan fingerprint density at radius 1 is 1.30 bits per heavy atom. The molecule has 1 fully saturated rings. The Hall–Kier alpha value is -1.40. The van der Waals surface area contributed by atoms with Crippen molar-refractivity contribution in [3.05, 3.63) is 23.8 Å². The molecule has 1 aliphatic carbocycles. The Morgan fingerprint density at radius 2 is 2.05 bits per heavy atom. The highest BCUT2D eigenvalue weighted by Gasteiger charge is 2.31. The van der Waals surface area contributed by atoms with Crippen LogP contribution in [-0.4, -0.2) is 20.4 Å². The van der Waals surface area contributed by atoms with E-state index in [9.17, 15) is 13.2 Å². The lowest BCUT2D eigenvalue weighted by atomic mass is 10.0. The molecule has 0 bridgehead atoms. The lowest BCUT2D eigenvalue weighted by Gasteiger charge is -2.18. The van der Waals surface area contributed by atoms with Crippen LogP contribution in [0.15, 0.2) is 23.1 Å². The Kier molecular flexibility index (Phi) is 3.30. The van der Waals surface area contributed by atoms with Crippen molar-refractivity contribution in [1.29, 1.82) is 0 Å². The Balaban J connectivity index is 1.84. The maximum Gasteiger partial charge on any atom is 0.240 e. The molecule has 1 aromatic rings. The van der Waals surface area contributed by atoms with Crippen molar-refractivity contribution < 1.29 is 13.2 Å². The van der Waals surface area contributed by atoms with Crippen LogP contribution in [0.25, 0.3) is 0 Å². The molecule has 0 spiro atoms. The number of aryl methyl sites for hydroxylation is 1. The highest BCUT2D eigenvalue weighted by atomic mass is 32.2. The predicted molar refractivity (Wildman–Crippen MR) is 75.9 cm³/mol. The Morgan fingerprint density at radius 3 is 2.75 bits per heavy atom. The molecule has 0 saturated heterocycles. The van der Waals surface area contributed by atoms with Crippen molar-refractivity contribution in [3.8, 4) is 0 Å². The summed E-state index contributed by atoms with van der Waals surface area (Å²) in [5, 5.41) is 2.75. The lowest BCUT2D eigenvalue weighted by molar-refractivity contribution is -0.116. The molecule has 0 radical (unpaired) electrons. The summed E-state index contributed by atoms with van der Waals surface area (Å²) in [5.74, 6) is 0.454. The fourth-order valence-electron chi connectivity index (χ4n) is 2.53. The van der Waals surface area contributed by atoms with Gasteiger partial charge in [-0.15, -0.1) is 0 Å². The maximum atomic E-state index is 12.3. The second-order valence-electron chi connectivity index (χ2n) is 5.61. The third-order valence-electron chi connectivity index (χ3n) is 3.95. The highest BCUT2D eigenvalue weighted by Crippen LogP contribution is 2.33. The molecule has 2 N–H and O–H groups in total. The number of hydrogen-bond acceptors (Lipinski definition) is 3. The second kappa shape index (κ2) is 4.86. The molecule has 0 aromatic heterocycles. The van der Waals surface area contributed by atoms with Gasteiger partial charge in [0.1, 0.15) is 0 Å². The first-order valence-electron chi connectivity index (χ1n) is 6.91. The number of carbonyl (C=O) groups excluding carboxylic acids is 1. The molecule has 1 aliphatic heterocycles. The van der Waals surface area contributed by atoms with Gasteiger partial charge >= 0.3 is 0 Å². The number of amides is 1. The van der Waals surface area contributed by atoms with Crippen LogP contribution in [0, 0.1) is 5.92 Å². The second-order valence-corrected chi connectivity index (χ2v) is 7.33. The van der Waals surface area contributed by atoms with Gasteiger partial charge in [0.15, 0.2) is 0 Å².